The number of methoxy groups -OCH3 is 1. The Morgan fingerprint density at radius 3 is 2.96 bits per heavy atom. The van der Waals surface area contributed by atoms with Gasteiger partial charge in [-0.05, 0) is 37.7 Å². The van der Waals surface area contributed by atoms with E-state index >= 15 is 0 Å². The summed E-state index contributed by atoms with van der Waals surface area (Å²) in [7, 11) is 1.66. The Bertz CT molecular complexity index is 1100. The molecule has 1 unspecified atom stereocenters. The number of fused-ring (bicyclic) bond motifs is 3. The summed E-state index contributed by atoms with van der Waals surface area (Å²) in [5.74, 6) is 0.575. The van der Waals surface area contributed by atoms with Gasteiger partial charge in [-0.15, -0.1) is 5.10 Å². The number of morpholine rings is 1. The van der Waals surface area contributed by atoms with E-state index in [2.05, 4.69) is 11.8 Å². The summed E-state index contributed by atoms with van der Waals surface area (Å²) in [5.41, 5.74) is 0.739. The van der Waals surface area contributed by atoms with Gasteiger partial charge in [0.05, 0.1) is 30.3 Å². The summed E-state index contributed by atoms with van der Waals surface area (Å²) in [6.07, 6.45) is 0.915. The highest BCUT2D eigenvalue weighted by atomic mass is 32.1. The van der Waals surface area contributed by atoms with Crippen molar-refractivity contribution in [3.05, 3.63) is 39.4 Å². The van der Waals surface area contributed by atoms with E-state index < -0.39 is 0 Å². The Hall–Kier alpha value is -2.07. The quantitative estimate of drug-likeness (QED) is 0.463. The molecule has 3 aromatic rings. The Morgan fingerprint density at radius 1 is 1.36 bits per heavy atom. The maximum absolute atomic E-state index is 13.1. The van der Waals surface area contributed by atoms with Crippen LogP contribution < -0.4 is 5.56 Å². The fourth-order valence-corrected chi connectivity index (χ4v) is 4.02. The number of rotatable bonds is 6. The molecule has 2 aromatic heterocycles. The average molecular weight is 404 g/mol. The maximum Gasteiger partial charge on any atom is 0.262 e. The number of benzene rings is 1. The van der Waals surface area contributed by atoms with Crippen molar-refractivity contribution >= 4 is 28.9 Å². The van der Waals surface area contributed by atoms with E-state index in [0.29, 0.717) is 42.4 Å². The molecule has 0 saturated carbocycles. The lowest BCUT2D eigenvalue weighted by Crippen LogP contribution is -2.42. The number of hydrogen-bond acceptors (Lipinski definition) is 6. The van der Waals surface area contributed by atoms with Gasteiger partial charge < -0.3 is 9.47 Å². The normalized spacial score (nSPS) is 18.3. The molecule has 3 heterocycles. The van der Waals surface area contributed by atoms with Crippen LogP contribution >= 0.6 is 12.2 Å². The molecule has 4 rings (SSSR count). The van der Waals surface area contributed by atoms with Gasteiger partial charge in [0.15, 0.2) is 0 Å². The predicted octanol–water partition coefficient (Wildman–Crippen LogP) is 1.89. The lowest BCUT2D eigenvalue weighted by Gasteiger charge is -2.30. The summed E-state index contributed by atoms with van der Waals surface area (Å²) >= 11 is 5.76. The Kier molecular flexibility index (Phi) is 5.58. The molecule has 0 amide bonds. The van der Waals surface area contributed by atoms with Crippen LogP contribution in [0.25, 0.3) is 16.7 Å². The Morgan fingerprint density at radius 2 is 2.18 bits per heavy atom. The summed E-state index contributed by atoms with van der Waals surface area (Å²) in [6.45, 7) is 6.12. The van der Waals surface area contributed by atoms with Crippen LogP contribution in [-0.4, -0.2) is 63.2 Å². The van der Waals surface area contributed by atoms with Crippen molar-refractivity contribution < 1.29 is 9.47 Å². The zero-order chi connectivity index (χ0) is 19.7. The SMILES string of the molecule is COCCCn1c(=O)c2ccccc2n2c(=S)n(CN3CCOC(C)C3)nc12. The fraction of sp³-hybridized carbons (Fsp3) is 0.526. The van der Waals surface area contributed by atoms with Crippen molar-refractivity contribution in [2.45, 2.75) is 32.7 Å². The first-order chi connectivity index (χ1) is 13.6. The van der Waals surface area contributed by atoms with E-state index in [4.69, 9.17) is 26.8 Å². The van der Waals surface area contributed by atoms with Gasteiger partial charge in [-0.3, -0.25) is 18.7 Å². The van der Waals surface area contributed by atoms with Gasteiger partial charge in [0.2, 0.25) is 10.5 Å². The molecular formula is C19H25N5O3S. The molecule has 1 fully saturated rings. The Balaban J connectivity index is 1.84. The Labute approximate surface area is 167 Å². The smallest absolute Gasteiger partial charge is 0.262 e. The van der Waals surface area contributed by atoms with Crippen LogP contribution in [0.1, 0.15) is 13.3 Å². The van der Waals surface area contributed by atoms with Gasteiger partial charge >= 0.3 is 0 Å². The molecule has 0 spiro atoms. The monoisotopic (exact) mass is 403 g/mol. The molecule has 0 bridgehead atoms. The highest BCUT2D eigenvalue weighted by molar-refractivity contribution is 7.71. The van der Waals surface area contributed by atoms with Crippen LogP contribution in [0.2, 0.25) is 0 Å². The average Bonchev–Trinajstić information content (AvgIpc) is 3.01. The van der Waals surface area contributed by atoms with E-state index in [0.717, 1.165) is 25.0 Å². The lowest BCUT2D eigenvalue weighted by molar-refractivity contribution is -0.0306. The molecule has 1 atom stereocenters. The number of ether oxygens (including phenoxy) is 2. The van der Waals surface area contributed by atoms with Gasteiger partial charge in [0.25, 0.3) is 5.56 Å². The van der Waals surface area contributed by atoms with Crippen LogP contribution in [0.5, 0.6) is 0 Å². The minimum atomic E-state index is -0.0497. The van der Waals surface area contributed by atoms with Crippen molar-refractivity contribution in [3.8, 4) is 0 Å². The second-order valence-corrected chi connectivity index (χ2v) is 7.50. The number of nitrogens with zero attached hydrogens (tertiary/aromatic N) is 5. The number of aryl methyl sites for hydroxylation is 1. The van der Waals surface area contributed by atoms with Gasteiger partial charge in [-0.25, -0.2) is 4.68 Å². The van der Waals surface area contributed by atoms with Crippen LogP contribution in [-0.2, 0) is 22.7 Å². The van der Waals surface area contributed by atoms with Gasteiger partial charge in [0, 0.05) is 33.4 Å². The first-order valence-corrected chi connectivity index (χ1v) is 9.95. The second-order valence-electron chi connectivity index (χ2n) is 7.14. The number of para-hydroxylation sites is 1. The van der Waals surface area contributed by atoms with Gasteiger partial charge in [0.1, 0.15) is 0 Å². The van der Waals surface area contributed by atoms with E-state index in [-0.39, 0.29) is 11.7 Å². The molecule has 0 N–H and O–H groups in total. The van der Waals surface area contributed by atoms with Crippen molar-refractivity contribution in [2.24, 2.45) is 0 Å². The second kappa shape index (κ2) is 8.12. The van der Waals surface area contributed by atoms with E-state index in [1.807, 2.05) is 28.7 Å². The van der Waals surface area contributed by atoms with Crippen LogP contribution in [0.4, 0.5) is 0 Å². The van der Waals surface area contributed by atoms with E-state index in [1.54, 1.807) is 16.4 Å². The highest BCUT2D eigenvalue weighted by Gasteiger charge is 2.20. The molecule has 1 aromatic carbocycles. The molecule has 28 heavy (non-hydrogen) atoms. The third kappa shape index (κ3) is 3.50. The van der Waals surface area contributed by atoms with Gasteiger partial charge in [-0.2, -0.15) is 0 Å². The minimum Gasteiger partial charge on any atom is -0.385 e. The largest absolute Gasteiger partial charge is 0.385 e. The molecule has 1 aliphatic heterocycles. The van der Waals surface area contributed by atoms with E-state index in [9.17, 15) is 4.79 Å². The topological polar surface area (TPSA) is 65.9 Å². The minimum absolute atomic E-state index is 0.0497. The summed E-state index contributed by atoms with van der Waals surface area (Å²) in [6, 6.07) is 7.55. The highest BCUT2D eigenvalue weighted by Crippen LogP contribution is 2.15. The molecule has 1 aliphatic rings. The maximum atomic E-state index is 13.1. The zero-order valence-corrected chi connectivity index (χ0v) is 17.0. The van der Waals surface area contributed by atoms with Crippen LogP contribution in [0.3, 0.4) is 0 Å². The van der Waals surface area contributed by atoms with Gasteiger partial charge in [-0.1, -0.05) is 12.1 Å². The summed E-state index contributed by atoms with van der Waals surface area (Å²) < 4.78 is 16.8. The summed E-state index contributed by atoms with van der Waals surface area (Å²) in [4.78, 5) is 15.4. The summed E-state index contributed by atoms with van der Waals surface area (Å²) in [5, 5.41) is 5.38. The molecular weight excluding hydrogens is 378 g/mol. The van der Waals surface area contributed by atoms with Crippen molar-refractivity contribution in [1.82, 2.24) is 23.6 Å². The van der Waals surface area contributed by atoms with Crippen molar-refractivity contribution in [2.75, 3.05) is 33.4 Å². The van der Waals surface area contributed by atoms with E-state index in [1.165, 1.54) is 0 Å². The molecule has 9 heteroatoms. The lowest BCUT2D eigenvalue weighted by atomic mass is 10.2. The number of aromatic nitrogens is 4. The number of hydrogen-bond donors (Lipinski definition) is 0. The zero-order valence-electron chi connectivity index (χ0n) is 16.2. The van der Waals surface area contributed by atoms with Crippen LogP contribution in [0, 0.1) is 4.77 Å². The predicted molar refractivity (Wildman–Crippen MR) is 109 cm³/mol. The first-order valence-electron chi connectivity index (χ1n) is 9.54. The third-order valence-electron chi connectivity index (χ3n) is 5.07. The standard InChI is InChI=1S/C19H25N5O3S/c1-14-12-21(9-11-27-14)13-23-19(28)24-16-7-4-3-6-15(16)17(25)22(18(24)20-23)8-5-10-26-2/h3-4,6-7,14H,5,8-13H2,1-2H3. The van der Waals surface area contributed by atoms with Crippen molar-refractivity contribution in [1.29, 1.82) is 0 Å². The third-order valence-corrected chi connectivity index (χ3v) is 5.47. The molecule has 150 valence electrons. The van der Waals surface area contributed by atoms with Crippen LogP contribution in [0.15, 0.2) is 29.1 Å². The molecule has 1 saturated heterocycles. The molecule has 8 nitrogen and oxygen atoms in total. The molecule has 0 aliphatic carbocycles. The first kappa shape index (κ1) is 19.3. The fourth-order valence-electron chi connectivity index (χ4n) is 3.74. The molecule has 0 radical (unpaired) electrons. The van der Waals surface area contributed by atoms with Crippen molar-refractivity contribution in [3.63, 3.8) is 0 Å².